The molecule has 0 saturated carbocycles. The Bertz CT molecular complexity index is 289. The third-order valence-corrected chi connectivity index (χ3v) is 1.87. The number of hydrogen-bond acceptors (Lipinski definition) is 4. The maximum atomic E-state index is 11.7. The summed E-state index contributed by atoms with van der Waals surface area (Å²) < 4.78 is 0. The molecule has 0 aliphatic heterocycles. The van der Waals surface area contributed by atoms with Gasteiger partial charge in [-0.2, -0.15) is 10.2 Å². The van der Waals surface area contributed by atoms with E-state index in [1.54, 1.807) is 11.0 Å². The highest BCUT2D eigenvalue weighted by atomic mass is 16.3. The SMILES string of the molecule is CCN(CCO)C(=O)c1ccnnc1. The van der Waals surface area contributed by atoms with Crippen molar-refractivity contribution in [2.75, 3.05) is 19.7 Å². The molecule has 1 aromatic heterocycles. The summed E-state index contributed by atoms with van der Waals surface area (Å²) in [5.41, 5.74) is 0.496. The Hall–Kier alpha value is -1.49. The van der Waals surface area contributed by atoms with Crippen LogP contribution in [0.25, 0.3) is 0 Å². The Kier molecular flexibility index (Phi) is 4.00. The van der Waals surface area contributed by atoms with Gasteiger partial charge >= 0.3 is 0 Å². The Morgan fingerprint density at radius 2 is 2.36 bits per heavy atom. The highest BCUT2D eigenvalue weighted by Crippen LogP contribution is 2.01. The molecular formula is C9H13N3O2. The average molecular weight is 195 g/mol. The first kappa shape index (κ1) is 10.6. The fourth-order valence-electron chi connectivity index (χ4n) is 1.12. The molecule has 5 nitrogen and oxygen atoms in total. The summed E-state index contributed by atoms with van der Waals surface area (Å²) in [6, 6.07) is 1.61. The van der Waals surface area contributed by atoms with Crippen molar-refractivity contribution in [1.29, 1.82) is 0 Å². The molecule has 0 bridgehead atoms. The number of carbonyl (C=O) groups is 1. The van der Waals surface area contributed by atoms with Crippen LogP contribution in [0.2, 0.25) is 0 Å². The second-order valence-electron chi connectivity index (χ2n) is 2.74. The molecule has 14 heavy (non-hydrogen) atoms. The van der Waals surface area contributed by atoms with E-state index < -0.39 is 0 Å². The predicted molar refractivity (Wildman–Crippen MR) is 50.7 cm³/mol. The summed E-state index contributed by atoms with van der Waals surface area (Å²) in [6.07, 6.45) is 2.89. The van der Waals surface area contributed by atoms with E-state index in [1.165, 1.54) is 12.4 Å². The van der Waals surface area contributed by atoms with E-state index in [9.17, 15) is 4.79 Å². The fraction of sp³-hybridized carbons (Fsp3) is 0.444. The largest absolute Gasteiger partial charge is 0.395 e. The molecule has 1 amide bonds. The summed E-state index contributed by atoms with van der Waals surface area (Å²) in [4.78, 5) is 13.3. The van der Waals surface area contributed by atoms with Crippen LogP contribution in [0, 0.1) is 0 Å². The van der Waals surface area contributed by atoms with E-state index in [0.29, 0.717) is 18.7 Å². The molecule has 5 heteroatoms. The van der Waals surface area contributed by atoms with Crippen molar-refractivity contribution >= 4 is 5.91 Å². The van der Waals surface area contributed by atoms with Gasteiger partial charge in [0.25, 0.3) is 5.91 Å². The van der Waals surface area contributed by atoms with Crippen molar-refractivity contribution in [2.24, 2.45) is 0 Å². The number of rotatable bonds is 4. The summed E-state index contributed by atoms with van der Waals surface area (Å²) >= 11 is 0. The molecule has 0 saturated heterocycles. The summed E-state index contributed by atoms with van der Waals surface area (Å²) in [6.45, 7) is 2.75. The standard InChI is InChI=1S/C9H13N3O2/c1-2-12(5-6-13)9(14)8-3-4-10-11-7-8/h3-4,7,13H,2,5-6H2,1H3. The maximum absolute atomic E-state index is 11.7. The monoisotopic (exact) mass is 195 g/mol. The zero-order chi connectivity index (χ0) is 10.4. The topological polar surface area (TPSA) is 66.3 Å². The molecule has 0 atom stereocenters. The number of carbonyl (C=O) groups excluding carboxylic acids is 1. The van der Waals surface area contributed by atoms with Gasteiger partial charge in [0.2, 0.25) is 0 Å². The van der Waals surface area contributed by atoms with Crippen LogP contribution >= 0.6 is 0 Å². The predicted octanol–water partition coefficient (Wildman–Crippen LogP) is -0.0690. The van der Waals surface area contributed by atoms with Gasteiger partial charge in [-0.3, -0.25) is 4.79 Å². The Labute approximate surface area is 82.4 Å². The van der Waals surface area contributed by atoms with E-state index >= 15 is 0 Å². The van der Waals surface area contributed by atoms with Gasteiger partial charge in [-0.1, -0.05) is 0 Å². The van der Waals surface area contributed by atoms with E-state index in [4.69, 9.17) is 5.11 Å². The van der Waals surface area contributed by atoms with Gasteiger partial charge in [-0.15, -0.1) is 0 Å². The minimum atomic E-state index is -0.128. The Morgan fingerprint density at radius 3 is 2.86 bits per heavy atom. The minimum absolute atomic E-state index is 0.0297. The highest BCUT2D eigenvalue weighted by molar-refractivity contribution is 5.93. The number of likely N-dealkylation sites (N-methyl/N-ethyl adjacent to an activating group) is 1. The number of aliphatic hydroxyl groups excluding tert-OH is 1. The Morgan fingerprint density at radius 1 is 1.57 bits per heavy atom. The normalized spacial score (nSPS) is 9.86. The van der Waals surface area contributed by atoms with Gasteiger partial charge in [0.1, 0.15) is 0 Å². The first-order valence-electron chi connectivity index (χ1n) is 4.46. The van der Waals surface area contributed by atoms with Crippen LogP contribution in [0.15, 0.2) is 18.5 Å². The summed E-state index contributed by atoms with van der Waals surface area (Å²) in [5.74, 6) is -0.128. The molecular weight excluding hydrogens is 182 g/mol. The lowest BCUT2D eigenvalue weighted by molar-refractivity contribution is 0.0731. The van der Waals surface area contributed by atoms with Crippen LogP contribution < -0.4 is 0 Å². The van der Waals surface area contributed by atoms with Crippen molar-refractivity contribution in [1.82, 2.24) is 15.1 Å². The first-order chi connectivity index (χ1) is 6.79. The zero-order valence-corrected chi connectivity index (χ0v) is 8.05. The molecule has 1 heterocycles. The highest BCUT2D eigenvalue weighted by Gasteiger charge is 2.12. The first-order valence-corrected chi connectivity index (χ1v) is 4.46. The lowest BCUT2D eigenvalue weighted by atomic mass is 10.2. The second-order valence-corrected chi connectivity index (χ2v) is 2.74. The molecule has 0 aliphatic rings. The molecule has 1 aromatic rings. The lowest BCUT2D eigenvalue weighted by Crippen LogP contribution is -2.33. The van der Waals surface area contributed by atoms with Crippen molar-refractivity contribution < 1.29 is 9.90 Å². The molecule has 0 unspecified atom stereocenters. The van der Waals surface area contributed by atoms with Crippen molar-refractivity contribution in [3.05, 3.63) is 24.0 Å². The van der Waals surface area contributed by atoms with Crippen molar-refractivity contribution in [2.45, 2.75) is 6.92 Å². The van der Waals surface area contributed by atoms with Crippen LogP contribution in [0.1, 0.15) is 17.3 Å². The number of amides is 1. The smallest absolute Gasteiger partial charge is 0.255 e. The number of aromatic nitrogens is 2. The van der Waals surface area contributed by atoms with Crippen molar-refractivity contribution in [3.63, 3.8) is 0 Å². The van der Waals surface area contributed by atoms with Gasteiger partial charge in [-0.05, 0) is 13.0 Å². The minimum Gasteiger partial charge on any atom is -0.395 e. The molecule has 0 radical (unpaired) electrons. The average Bonchev–Trinajstić information content (AvgIpc) is 2.26. The molecule has 0 spiro atoms. The number of hydrogen-bond donors (Lipinski definition) is 1. The van der Waals surface area contributed by atoms with Gasteiger partial charge in [0, 0.05) is 13.1 Å². The molecule has 1 N–H and O–H groups in total. The van der Waals surface area contributed by atoms with Gasteiger partial charge in [-0.25, -0.2) is 0 Å². The zero-order valence-electron chi connectivity index (χ0n) is 8.05. The maximum Gasteiger partial charge on any atom is 0.255 e. The molecule has 1 rings (SSSR count). The number of nitrogens with zero attached hydrogens (tertiary/aromatic N) is 3. The molecule has 0 fully saturated rings. The van der Waals surface area contributed by atoms with Crippen LogP contribution in [0.4, 0.5) is 0 Å². The molecule has 0 aliphatic carbocycles. The number of aliphatic hydroxyl groups is 1. The van der Waals surface area contributed by atoms with Crippen LogP contribution in [-0.2, 0) is 0 Å². The third-order valence-electron chi connectivity index (χ3n) is 1.87. The Balaban J connectivity index is 2.73. The summed E-state index contributed by atoms with van der Waals surface area (Å²) in [5, 5.41) is 16.0. The molecule has 76 valence electrons. The fourth-order valence-corrected chi connectivity index (χ4v) is 1.12. The van der Waals surface area contributed by atoms with Gasteiger partial charge in [0.15, 0.2) is 0 Å². The van der Waals surface area contributed by atoms with Gasteiger partial charge < -0.3 is 10.0 Å². The lowest BCUT2D eigenvalue weighted by Gasteiger charge is -2.19. The van der Waals surface area contributed by atoms with Gasteiger partial charge in [0.05, 0.1) is 24.6 Å². The van der Waals surface area contributed by atoms with Crippen molar-refractivity contribution in [3.8, 4) is 0 Å². The van der Waals surface area contributed by atoms with Crippen LogP contribution in [0.5, 0.6) is 0 Å². The van der Waals surface area contributed by atoms with E-state index in [-0.39, 0.29) is 12.5 Å². The third kappa shape index (κ3) is 2.50. The summed E-state index contributed by atoms with van der Waals surface area (Å²) in [7, 11) is 0. The van der Waals surface area contributed by atoms with E-state index in [2.05, 4.69) is 10.2 Å². The molecule has 0 aromatic carbocycles. The van der Waals surface area contributed by atoms with Crippen LogP contribution in [-0.4, -0.2) is 45.8 Å². The van der Waals surface area contributed by atoms with E-state index in [0.717, 1.165) is 0 Å². The van der Waals surface area contributed by atoms with Crippen LogP contribution in [0.3, 0.4) is 0 Å². The second kappa shape index (κ2) is 5.29. The quantitative estimate of drug-likeness (QED) is 0.730. The van der Waals surface area contributed by atoms with E-state index in [1.807, 2.05) is 6.92 Å².